The topological polar surface area (TPSA) is 92.4 Å². The summed E-state index contributed by atoms with van der Waals surface area (Å²) in [4.78, 5) is 0.00856. The molecule has 1 unspecified atom stereocenters. The summed E-state index contributed by atoms with van der Waals surface area (Å²) < 4.78 is 30.6. The van der Waals surface area contributed by atoms with Gasteiger partial charge in [0.2, 0.25) is 10.0 Å². The van der Waals surface area contributed by atoms with Crippen molar-refractivity contribution in [2.24, 2.45) is 5.92 Å². The number of aliphatic hydroxyl groups is 1. The van der Waals surface area contributed by atoms with Gasteiger partial charge < -0.3 is 9.63 Å². The largest absolute Gasteiger partial charge is 0.392 e. The van der Waals surface area contributed by atoms with E-state index in [2.05, 4.69) is 9.88 Å². The number of aryl methyl sites for hydroxylation is 1. The first-order chi connectivity index (χ1) is 7.83. The van der Waals surface area contributed by atoms with Crippen LogP contribution in [0.3, 0.4) is 0 Å². The van der Waals surface area contributed by atoms with Gasteiger partial charge in [0.15, 0.2) is 5.76 Å². The Hall–Kier alpha value is -0.920. The number of rotatable bonds is 6. The first-order valence-electron chi connectivity index (χ1n) is 5.42. The molecule has 2 N–H and O–H groups in total. The first kappa shape index (κ1) is 14.1. The van der Waals surface area contributed by atoms with E-state index in [0.29, 0.717) is 12.3 Å². The lowest BCUT2D eigenvalue weighted by atomic mass is 10.1. The monoisotopic (exact) mass is 262 g/mol. The maximum Gasteiger partial charge on any atom is 0.245 e. The van der Waals surface area contributed by atoms with E-state index < -0.39 is 16.1 Å². The quantitative estimate of drug-likeness (QED) is 0.786. The summed E-state index contributed by atoms with van der Waals surface area (Å²) in [5, 5.41) is 13.0. The van der Waals surface area contributed by atoms with Crippen LogP contribution in [0.15, 0.2) is 15.6 Å². The van der Waals surface area contributed by atoms with Crippen LogP contribution in [0.4, 0.5) is 0 Å². The average molecular weight is 262 g/mol. The molecule has 1 atom stereocenters. The van der Waals surface area contributed by atoms with Crippen LogP contribution in [0.1, 0.15) is 26.0 Å². The summed E-state index contributed by atoms with van der Waals surface area (Å²) in [7, 11) is -3.64. The van der Waals surface area contributed by atoms with Gasteiger partial charge in [-0.1, -0.05) is 19.0 Å². The van der Waals surface area contributed by atoms with E-state index in [1.165, 1.54) is 6.92 Å². The number of sulfonamides is 1. The van der Waals surface area contributed by atoms with E-state index in [1.807, 2.05) is 13.8 Å². The molecule has 0 fully saturated rings. The highest BCUT2D eigenvalue weighted by molar-refractivity contribution is 7.89. The number of aromatic nitrogens is 1. The zero-order valence-electron chi connectivity index (χ0n) is 10.2. The SMILES string of the molecule is Cc1oncc1S(=O)(=O)NCC(O)CC(C)C. The minimum atomic E-state index is -3.64. The maximum absolute atomic E-state index is 11.8. The molecule has 7 heteroatoms. The molecule has 6 nitrogen and oxygen atoms in total. The molecule has 0 aliphatic rings. The van der Waals surface area contributed by atoms with Gasteiger partial charge in [0.05, 0.1) is 12.3 Å². The molecule has 1 aromatic rings. The second-order valence-electron chi connectivity index (χ2n) is 4.38. The number of aliphatic hydroxyl groups excluding tert-OH is 1. The Labute approximate surface area is 101 Å². The number of hydrogen-bond donors (Lipinski definition) is 2. The highest BCUT2D eigenvalue weighted by Gasteiger charge is 2.21. The fourth-order valence-corrected chi connectivity index (χ4v) is 2.62. The summed E-state index contributed by atoms with van der Waals surface area (Å²) in [6.07, 6.45) is 1.00. The highest BCUT2D eigenvalue weighted by atomic mass is 32.2. The van der Waals surface area contributed by atoms with Crippen LogP contribution in [-0.4, -0.2) is 31.3 Å². The fourth-order valence-electron chi connectivity index (χ4n) is 1.46. The van der Waals surface area contributed by atoms with Gasteiger partial charge in [-0.25, -0.2) is 13.1 Å². The number of nitrogens with one attached hydrogen (secondary N) is 1. The molecule has 17 heavy (non-hydrogen) atoms. The normalized spacial score (nSPS) is 14.2. The Morgan fingerprint density at radius 2 is 2.18 bits per heavy atom. The minimum absolute atomic E-state index is 0.00856. The summed E-state index contributed by atoms with van der Waals surface area (Å²) in [6.45, 7) is 5.43. The van der Waals surface area contributed by atoms with Crippen LogP contribution in [0, 0.1) is 12.8 Å². The van der Waals surface area contributed by atoms with Crippen molar-refractivity contribution in [2.45, 2.75) is 38.2 Å². The molecule has 1 rings (SSSR count). The van der Waals surface area contributed by atoms with E-state index in [0.717, 1.165) is 6.20 Å². The van der Waals surface area contributed by atoms with Gasteiger partial charge in [0, 0.05) is 6.54 Å². The van der Waals surface area contributed by atoms with Crippen LogP contribution in [0.2, 0.25) is 0 Å². The zero-order valence-corrected chi connectivity index (χ0v) is 11.0. The maximum atomic E-state index is 11.8. The van der Waals surface area contributed by atoms with Gasteiger partial charge in [0.1, 0.15) is 4.90 Å². The van der Waals surface area contributed by atoms with E-state index >= 15 is 0 Å². The molecular formula is C10H18N2O4S. The Morgan fingerprint density at radius 1 is 1.53 bits per heavy atom. The van der Waals surface area contributed by atoms with Crippen molar-refractivity contribution >= 4 is 10.0 Å². The molecule has 0 radical (unpaired) electrons. The molecule has 0 aromatic carbocycles. The molecule has 0 aliphatic carbocycles. The van der Waals surface area contributed by atoms with E-state index in [4.69, 9.17) is 4.52 Å². The van der Waals surface area contributed by atoms with Crippen molar-refractivity contribution < 1.29 is 18.0 Å². The molecule has 0 saturated carbocycles. The van der Waals surface area contributed by atoms with Crippen molar-refractivity contribution in [1.29, 1.82) is 0 Å². The summed E-state index contributed by atoms with van der Waals surface area (Å²) >= 11 is 0. The van der Waals surface area contributed by atoms with Crippen molar-refractivity contribution in [1.82, 2.24) is 9.88 Å². The lowest BCUT2D eigenvalue weighted by Gasteiger charge is -2.13. The van der Waals surface area contributed by atoms with Gasteiger partial charge in [0.25, 0.3) is 0 Å². The van der Waals surface area contributed by atoms with Crippen LogP contribution in [0.5, 0.6) is 0 Å². The van der Waals surface area contributed by atoms with E-state index in [1.54, 1.807) is 0 Å². The fraction of sp³-hybridized carbons (Fsp3) is 0.700. The zero-order chi connectivity index (χ0) is 13.1. The van der Waals surface area contributed by atoms with Crippen molar-refractivity contribution in [3.63, 3.8) is 0 Å². The third kappa shape index (κ3) is 4.10. The van der Waals surface area contributed by atoms with Gasteiger partial charge in [-0.2, -0.15) is 0 Å². The van der Waals surface area contributed by atoms with Crippen molar-refractivity contribution in [3.05, 3.63) is 12.0 Å². The molecule has 1 heterocycles. The van der Waals surface area contributed by atoms with Crippen molar-refractivity contribution in [2.75, 3.05) is 6.54 Å². The summed E-state index contributed by atoms with van der Waals surface area (Å²) in [5.41, 5.74) is 0. The lowest BCUT2D eigenvalue weighted by molar-refractivity contribution is 0.152. The van der Waals surface area contributed by atoms with Gasteiger partial charge in [-0.15, -0.1) is 0 Å². The first-order valence-corrected chi connectivity index (χ1v) is 6.90. The van der Waals surface area contributed by atoms with Gasteiger partial charge >= 0.3 is 0 Å². The molecule has 0 saturated heterocycles. The Kier molecular flexibility index (Phi) is 4.67. The minimum Gasteiger partial charge on any atom is -0.392 e. The number of hydrogen-bond acceptors (Lipinski definition) is 5. The molecule has 0 amide bonds. The lowest BCUT2D eigenvalue weighted by Crippen LogP contribution is -2.32. The van der Waals surface area contributed by atoms with Crippen LogP contribution < -0.4 is 4.72 Å². The highest BCUT2D eigenvalue weighted by Crippen LogP contribution is 2.13. The third-order valence-electron chi connectivity index (χ3n) is 2.25. The molecule has 0 bridgehead atoms. The Balaban J connectivity index is 2.60. The molecular weight excluding hydrogens is 244 g/mol. The van der Waals surface area contributed by atoms with E-state index in [9.17, 15) is 13.5 Å². The van der Waals surface area contributed by atoms with Crippen molar-refractivity contribution in [3.8, 4) is 0 Å². The predicted octanol–water partition coefficient (Wildman–Crippen LogP) is 0.668. The van der Waals surface area contributed by atoms with Crippen LogP contribution in [-0.2, 0) is 10.0 Å². The van der Waals surface area contributed by atoms with E-state index in [-0.39, 0.29) is 17.2 Å². The molecule has 1 aromatic heterocycles. The molecule has 98 valence electrons. The van der Waals surface area contributed by atoms with Crippen LogP contribution in [0.25, 0.3) is 0 Å². The average Bonchev–Trinajstić information content (AvgIpc) is 2.61. The summed E-state index contributed by atoms with van der Waals surface area (Å²) in [5.74, 6) is 0.544. The third-order valence-corrected chi connectivity index (χ3v) is 3.77. The molecule has 0 spiro atoms. The molecule has 0 aliphatic heterocycles. The van der Waals surface area contributed by atoms with Gasteiger partial charge in [-0.05, 0) is 19.3 Å². The Bertz CT molecular complexity index is 453. The standard InChI is InChI=1S/C10H18N2O4S/c1-7(2)4-9(13)5-12-17(14,15)10-6-11-16-8(10)3/h6-7,9,12-13H,4-5H2,1-3H3. The number of nitrogens with zero attached hydrogens (tertiary/aromatic N) is 1. The summed E-state index contributed by atoms with van der Waals surface area (Å²) in [6, 6.07) is 0. The predicted molar refractivity (Wildman–Crippen MR) is 61.9 cm³/mol. The second-order valence-corrected chi connectivity index (χ2v) is 6.12. The van der Waals surface area contributed by atoms with Gasteiger partial charge in [-0.3, -0.25) is 0 Å². The second kappa shape index (κ2) is 5.61. The smallest absolute Gasteiger partial charge is 0.245 e. The van der Waals surface area contributed by atoms with Crippen LogP contribution >= 0.6 is 0 Å². The Morgan fingerprint density at radius 3 is 2.65 bits per heavy atom.